The molecule has 0 aliphatic carbocycles. The number of rotatable bonds is 11. The van der Waals surface area contributed by atoms with E-state index in [0.29, 0.717) is 0 Å². The third-order valence-corrected chi connectivity index (χ3v) is 5.34. The Bertz CT molecular complexity index is 894. The Balaban J connectivity index is 1.60. The van der Waals surface area contributed by atoms with Crippen LogP contribution in [0.25, 0.3) is 0 Å². The fourth-order valence-corrected chi connectivity index (χ4v) is 3.64. The van der Waals surface area contributed by atoms with Gasteiger partial charge in [-0.2, -0.15) is 0 Å². The number of hydrogen-bond donors (Lipinski definition) is 3. The second-order valence-electron chi connectivity index (χ2n) is 7.97. The van der Waals surface area contributed by atoms with Gasteiger partial charge in [-0.05, 0) is 11.1 Å². The monoisotopic (exact) mass is 473 g/mol. The van der Waals surface area contributed by atoms with Gasteiger partial charge in [0.2, 0.25) is 5.91 Å². The molecule has 184 valence electrons. The van der Waals surface area contributed by atoms with Crippen LogP contribution in [0.5, 0.6) is 0 Å². The molecule has 1 aliphatic rings. The second-order valence-corrected chi connectivity index (χ2v) is 7.97. The van der Waals surface area contributed by atoms with Crippen LogP contribution < -0.4 is 5.32 Å². The van der Waals surface area contributed by atoms with Crippen molar-refractivity contribution in [1.82, 2.24) is 5.32 Å². The van der Waals surface area contributed by atoms with Crippen LogP contribution >= 0.6 is 0 Å². The molecular weight excluding hydrogens is 442 g/mol. The average Bonchev–Trinajstić information content (AvgIpc) is 2.85. The molecule has 34 heavy (non-hydrogen) atoms. The van der Waals surface area contributed by atoms with Crippen LogP contribution in [-0.4, -0.2) is 65.9 Å². The first-order chi connectivity index (χ1) is 16.5. The summed E-state index contributed by atoms with van der Waals surface area (Å²) in [5, 5.41) is 23.1. The Morgan fingerprint density at radius 3 is 2.18 bits per heavy atom. The maximum Gasteiger partial charge on any atom is 0.308 e. The zero-order valence-corrected chi connectivity index (χ0v) is 19.0. The summed E-state index contributed by atoms with van der Waals surface area (Å²) in [7, 11) is 0. The van der Waals surface area contributed by atoms with Gasteiger partial charge in [0.25, 0.3) is 0 Å². The Morgan fingerprint density at radius 2 is 1.59 bits per heavy atom. The van der Waals surface area contributed by atoms with Crippen molar-refractivity contribution in [2.75, 3.05) is 13.2 Å². The highest BCUT2D eigenvalue weighted by Gasteiger charge is 2.47. The van der Waals surface area contributed by atoms with Crippen molar-refractivity contribution in [1.29, 1.82) is 0 Å². The van der Waals surface area contributed by atoms with E-state index in [1.54, 1.807) is 0 Å². The first-order valence-corrected chi connectivity index (χ1v) is 11.2. The third kappa shape index (κ3) is 7.61. The number of esters is 1. The van der Waals surface area contributed by atoms with Crippen molar-refractivity contribution < 1.29 is 38.7 Å². The number of aliphatic hydroxyl groups excluding tert-OH is 2. The fraction of sp³-hybridized carbons (Fsp3) is 0.440. The summed E-state index contributed by atoms with van der Waals surface area (Å²) in [6, 6.07) is 17.8. The standard InChI is InChI=1S/C25H31NO8/c1-17(28)26-22-24(31-13-12-21(29)32-15-18-8-4-2-5-9-18)23(30)20(14-27)34-25(22)33-16-19-10-6-3-7-11-19/h2-11,20,22-25,27,30H,12-16H2,1H3,(H,26,28)/t20-,22+,23+,24-,25-/m1/s1. The molecule has 1 saturated heterocycles. The highest BCUT2D eigenvalue weighted by molar-refractivity contribution is 5.73. The number of hydrogen-bond acceptors (Lipinski definition) is 8. The van der Waals surface area contributed by atoms with Gasteiger partial charge in [-0.25, -0.2) is 0 Å². The Morgan fingerprint density at radius 1 is 0.971 bits per heavy atom. The highest BCUT2D eigenvalue weighted by Crippen LogP contribution is 2.25. The zero-order chi connectivity index (χ0) is 24.3. The highest BCUT2D eigenvalue weighted by atomic mass is 16.7. The predicted molar refractivity (Wildman–Crippen MR) is 121 cm³/mol. The number of amides is 1. The summed E-state index contributed by atoms with van der Waals surface area (Å²) in [6.07, 6.45) is -4.25. The van der Waals surface area contributed by atoms with Crippen molar-refractivity contribution in [3.8, 4) is 0 Å². The molecule has 3 N–H and O–H groups in total. The molecule has 3 rings (SSSR count). The molecular formula is C25H31NO8. The van der Waals surface area contributed by atoms with Crippen molar-refractivity contribution in [2.45, 2.75) is 57.2 Å². The van der Waals surface area contributed by atoms with Gasteiger partial charge in [-0.3, -0.25) is 9.59 Å². The lowest BCUT2D eigenvalue weighted by Crippen LogP contribution is -2.65. The van der Waals surface area contributed by atoms with E-state index in [2.05, 4.69) is 5.32 Å². The van der Waals surface area contributed by atoms with Crippen LogP contribution in [0.2, 0.25) is 0 Å². The smallest absolute Gasteiger partial charge is 0.308 e. The Hall–Kier alpha value is -2.82. The van der Waals surface area contributed by atoms with Gasteiger partial charge < -0.3 is 34.5 Å². The largest absolute Gasteiger partial charge is 0.461 e. The lowest BCUT2D eigenvalue weighted by molar-refractivity contribution is -0.280. The number of ether oxygens (including phenoxy) is 4. The van der Waals surface area contributed by atoms with Crippen molar-refractivity contribution in [2.24, 2.45) is 0 Å². The van der Waals surface area contributed by atoms with E-state index in [-0.39, 0.29) is 32.1 Å². The first-order valence-electron chi connectivity index (χ1n) is 11.2. The van der Waals surface area contributed by atoms with Crippen LogP contribution in [0.15, 0.2) is 60.7 Å². The number of nitrogens with one attached hydrogen (secondary N) is 1. The topological polar surface area (TPSA) is 124 Å². The molecule has 5 atom stereocenters. The summed E-state index contributed by atoms with van der Waals surface area (Å²) < 4.78 is 22.7. The average molecular weight is 474 g/mol. The fourth-order valence-electron chi connectivity index (χ4n) is 3.64. The molecule has 2 aromatic carbocycles. The molecule has 1 amide bonds. The lowest BCUT2D eigenvalue weighted by atomic mass is 9.96. The minimum atomic E-state index is -1.25. The molecule has 0 bridgehead atoms. The molecule has 0 unspecified atom stereocenters. The van der Waals surface area contributed by atoms with Crippen LogP contribution in [-0.2, 0) is 41.8 Å². The molecule has 0 aromatic heterocycles. The molecule has 1 heterocycles. The summed E-state index contributed by atoms with van der Waals surface area (Å²) in [6.45, 7) is 1.13. The van der Waals surface area contributed by atoms with Gasteiger partial charge in [0, 0.05) is 6.92 Å². The molecule has 0 saturated carbocycles. The van der Waals surface area contributed by atoms with Crippen LogP contribution in [0.4, 0.5) is 0 Å². The zero-order valence-electron chi connectivity index (χ0n) is 19.0. The Kier molecular flexibility index (Phi) is 9.99. The molecule has 2 aromatic rings. The summed E-state index contributed by atoms with van der Waals surface area (Å²) >= 11 is 0. The van der Waals surface area contributed by atoms with Gasteiger partial charge in [-0.1, -0.05) is 60.7 Å². The van der Waals surface area contributed by atoms with Crippen LogP contribution in [0.3, 0.4) is 0 Å². The number of aliphatic hydroxyl groups is 2. The second kappa shape index (κ2) is 13.2. The van der Waals surface area contributed by atoms with Crippen molar-refractivity contribution in [3.05, 3.63) is 71.8 Å². The quantitative estimate of drug-likeness (QED) is 0.418. The first kappa shape index (κ1) is 25.8. The maximum atomic E-state index is 12.1. The SMILES string of the molecule is CC(=O)N[C@@H]1[C@H](OCc2ccccc2)O[C@H](CO)[C@H](O)[C@@H]1OCCC(=O)OCc1ccccc1. The summed E-state index contributed by atoms with van der Waals surface area (Å²) in [5.74, 6) is -0.829. The van der Waals surface area contributed by atoms with Gasteiger partial charge in [0.05, 0.1) is 26.2 Å². The summed E-state index contributed by atoms with van der Waals surface area (Å²) in [4.78, 5) is 24.0. The van der Waals surface area contributed by atoms with Gasteiger partial charge >= 0.3 is 5.97 Å². The van der Waals surface area contributed by atoms with Crippen molar-refractivity contribution in [3.63, 3.8) is 0 Å². The molecule has 1 aliphatic heterocycles. The third-order valence-electron chi connectivity index (χ3n) is 5.34. The van der Waals surface area contributed by atoms with Gasteiger partial charge in [0.1, 0.15) is 31.0 Å². The normalized spacial score (nSPS) is 24.4. The number of benzene rings is 2. The molecule has 0 spiro atoms. The van der Waals surface area contributed by atoms with Gasteiger partial charge in [-0.15, -0.1) is 0 Å². The Labute approximate surface area is 198 Å². The summed E-state index contributed by atoms with van der Waals surface area (Å²) in [5.41, 5.74) is 1.75. The van der Waals surface area contributed by atoms with E-state index in [4.69, 9.17) is 18.9 Å². The van der Waals surface area contributed by atoms with E-state index in [0.717, 1.165) is 11.1 Å². The van der Waals surface area contributed by atoms with E-state index in [1.165, 1.54) is 6.92 Å². The van der Waals surface area contributed by atoms with Crippen molar-refractivity contribution >= 4 is 11.9 Å². The van der Waals surface area contributed by atoms with E-state index < -0.39 is 43.2 Å². The molecule has 0 radical (unpaired) electrons. The minimum absolute atomic E-state index is 0.0525. The molecule has 1 fully saturated rings. The maximum absolute atomic E-state index is 12.1. The molecule has 9 heteroatoms. The van der Waals surface area contributed by atoms with E-state index >= 15 is 0 Å². The van der Waals surface area contributed by atoms with E-state index in [1.807, 2.05) is 60.7 Å². The number of carbonyl (C=O) groups excluding carboxylic acids is 2. The minimum Gasteiger partial charge on any atom is -0.461 e. The molecule has 9 nitrogen and oxygen atoms in total. The van der Waals surface area contributed by atoms with Crippen LogP contribution in [0, 0.1) is 0 Å². The number of carbonyl (C=O) groups is 2. The lowest BCUT2D eigenvalue weighted by Gasteiger charge is -2.44. The van der Waals surface area contributed by atoms with Crippen LogP contribution in [0.1, 0.15) is 24.5 Å². The van der Waals surface area contributed by atoms with Gasteiger partial charge in [0.15, 0.2) is 6.29 Å². The van der Waals surface area contributed by atoms with E-state index in [9.17, 15) is 19.8 Å². The predicted octanol–water partition coefficient (Wildman–Crippen LogP) is 1.30.